The van der Waals surface area contributed by atoms with Crippen LogP contribution in [0, 0.1) is 5.92 Å². The first-order chi connectivity index (χ1) is 17.6. The highest BCUT2D eigenvalue weighted by atomic mass is 19.4. The second kappa shape index (κ2) is 11.5. The average molecular weight is 522 g/mol. The minimum atomic E-state index is -4.70. The third-order valence-electron chi connectivity index (χ3n) is 6.54. The van der Waals surface area contributed by atoms with Crippen molar-refractivity contribution < 1.29 is 32.3 Å². The molecule has 1 saturated carbocycles. The lowest BCUT2D eigenvalue weighted by atomic mass is 9.94. The smallest absolute Gasteiger partial charge is 0.417 e. The first-order valence-corrected chi connectivity index (χ1v) is 11.8. The molecule has 200 valence electrons. The predicted octanol–water partition coefficient (Wildman–Crippen LogP) is 2.53. The van der Waals surface area contributed by atoms with Crippen molar-refractivity contribution in [2.45, 2.75) is 37.4 Å². The topological polar surface area (TPSA) is 126 Å². The lowest BCUT2D eigenvalue weighted by Crippen LogP contribution is -2.51. The van der Waals surface area contributed by atoms with Gasteiger partial charge in [0.05, 0.1) is 29.5 Å². The number of methoxy groups -OCH3 is 1. The van der Waals surface area contributed by atoms with Gasteiger partial charge in [0.15, 0.2) is 0 Å². The van der Waals surface area contributed by atoms with E-state index in [4.69, 9.17) is 5.73 Å². The Balaban J connectivity index is 1.58. The summed E-state index contributed by atoms with van der Waals surface area (Å²) in [6.07, 6.45) is 1.07. The van der Waals surface area contributed by atoms with Gasteiger partial charge in [0.1, 0.15) is 5.54 Å². The van der Waals surface area contributed by atoms with Crippen LogP contribution in [0.15, 0.2) is 47.7 Å². The quantitative estimate of drug-likeness (QED) is 0.261. The second-order valence-corrected chi connectivity index (χ2v) is 8.95. The van der Waals surface area contributed by atoms with Crippen LogP contribution >= 0.6 is 0 Å². The van der Waals surface area contributed by atoms with Crippen LogP contribution in [0.25, 0.3) is 0 Å². The molecule has 1 aliphatic heterocycles. The summed E-state index contributed by atoms with van der Waals surface area (Å²) < 4.78 is 45.2. The van der Waals surface area contributed by atoms with E-state index >= 15 is 0 Å². The first-order valence-electron chi connectivity index (χ1n) is 11.8. The van der Waals surface area contributed by atoms with E-state index in [-0.39, 0.29) is 23.1 Å². The van der Waals surface area contributed by atoms with Crippen LogP contribution in [0.2, 0.25) is 0 Å². The number of benzene rings is 1. The Morgan fingerprint density at radius 2 is 1.95 bits per heavy atom. The fraction of sp³-hybridized carbons (Fsp3) is 0.440. The van der Waals surface area contributed by atoms with E-state index in [0.29, 0.717) is 45.3 Å². The molecule has 2 fully saturated rings. The predicted molar refractivity (Wildman–Crippen MR) is 132 cm³/mol. The fourth-order valence-corrected chi connectivity index (χ4v) is 4.27. The zero-order valence-corrected chi connectivity index (χ0v) is 20.4. The van der Waals surface area contributed by atoms with Crippen molar-refractivity contribution in [3.8, 4) is 0 Å². The third kappa shape index (κ3) is 6.49. The third-order valence-corrected chi connectivity index (χ3v) is 6.54. The molecule has 0 atom stereocenters. The molecule has 3 rings (SSSR count). The van der Waals surface area contributed by atoms with E-state index < -0.39 is 34.7 Å². The number of rotatable bonds is 9. The Kier molecular flexibility index (Phi) is 8.61. The number of hydrogen-bond donors (Lipinski definition) is 3. The maximum atomic E-state index is 13.5. The largest absolute Gasteiger partial charge is 0.465 e. The van der Waals surface area contributed by atoms with Crippen molar-refractivity contribution in [2.24, 2.45) is 16.6 Å². The molecule has 4 N–H and O–H groups in total. The number of ether oxygens (including phenoxy) is 1. The molecule has 1 aromatic carbocycles. The summed E-state index contributed by atoms with van der Waals surface area (Å²) in [6, 6.07) is 3.62. The van der Waals surface area contributed by atoms with Gasteiger partial charge in [-0.25, -0.2) is 4.79 Å². The number of alkyl halides is 3. The van der Waals surface area contributed by atoms with E-state index in [2.05, 4.69) is 26.9 Å². The number of hydrogen-bond acceptors (Lipinski definition) is 7. The van der Waals surface area contributed by atoms with Crippen molar-refractivity contribution in [3.05, 3.63) is 53.9 Å². The van der Waals surface area contributed by atoms with Crippen LogP contribution in [0.1, 0.15) is 41.6 Å². The Bertz CT molecular complexity index is 1100. The highest BCUT2D eigenvalue weighted by Crippen LogP contribution is 2.38. The molecule has 0 unspecified atom stereocenters. The van der Waals surface area contributed by atoms with Gasteiger partial charge in [-0.15, -0.1) is 0 Å². The monoisotopic (exact) mass is 521 g/mol. The number of halogens is 3. The van der Waals surface area contributed by atoms with E-state index in [0.717, 1.165) is 19.4 Å². The summed E-state index contributed by atoms with van der Waals surface area (Å²) in [6.45, 7) is 4.59. The molecular formula is C25H30F3N5O4. The highest BCUT2D eigenvalue weighted by Gasteiger charge is 2.51. The molecule has 1 saturated heterocycles. The molecule has 0 radical (unpaired) electrons. The standard InChI is InChI=1S/C25H30F3N5O4/c1-3-30-15-17(13-29)21(34)32-24(9-10-24)23(36)31-14-16-7-11-33(12-8-16)19-6-4-5-18(25(26,27)28)20(19)22(35)37-2/h3-6,13,15-16H,1,7-12,14,29H2,2H3,(H,31,36)(H,32,34)/b17-13+,30-15-. The molecule has 37 heavy (non-hydrogen) atoms. The number of anilines is 1. The number of piperidine rings is 1. The van der Waals surface area contributed by atoms with Crippen LogP contribution in [-0.2, 0) is 20.5 Å². The van der Waals surface area contributed by atoms with E-state index in [9.17, 15) is 27.6 Å². The van der Waals surface area contributed by atoms with Gasteiger partial charge in [0, 0.05) is 38.2 Å². The number of nitrogens with zero attached hydrogens (tertiary/aromatic N) is 2. The van der Waals surface area contributed by atoms with E-state index in [1.807, 2.05) is 0 Å². The fourth-order valence-electron chi connectivity index (χ4n) is 4.27. The van der Waals surface area contributed by atoms with E-state index in [1.165, 1.54) is 24.5 Å². The summed E-state index contributed by atoms with van der Waals surface area (Å²) in [5, 5.41) is 5.60. The molecular weight excluding hydrogens is 491 g/mol. The zero-order chi connectivity index (χ0) is 27.2. The van der Waals surface area contributed by atoms with Crippen LogP contribution in [-0.4, -0.2) is 56.3 Å². The normalized spacial score (nSPS) is 17.8. The number of carbonyl (C=O) groups excluding carboxylic acids is 3. The molecule has 0 bridgehead atoms. The van der Waals surface area contributed by atoms with E-state index in [1.54, 1.807) is 4.90 Å². The van der Waals surface area contributed by atoms with Gasteiger partial charge in [-0.1, -0.05) is 12.6 Å². The van der Waals surface area contributed by atoms with Gasteiger partial charge in [-0.05, 0) is 43.7 Å². The number of carbonyl (C=O) groups is 3. The maximum Gasteiger partial charge on any atom is 0.417 e. The number of aliphatic imine (C=N–C) groups is 1. The van der Waals surface area contributed by atoms with Crippen LogP contribution < -0.4 is 21.3 Å². The number of nitrogens with one attached hydrogen (secondary N) is 2. The summed E-state index contributed by atoms with van der Waals surface area (Å²) in [7, 11) is 1.05. The van der Waals surface area contributed by atoms with Gasteiger partial charge in [-0.3, -0.25) is 14.6 Å². The number of esters is 1. The van der Waals surface area contributed by atoms with Gasteiger partial charge < -0.3 is 26.0 Å². The maximum absolute atomic E-state index is 13.5. The molecule has 9 nitrogen and oxygen atoms in total. The molecule has 2 amide bonds. The summed E-state index contributed by atoms with van der Waals surface area (Å²) >= 11 is 0. The summed E-state index contributed by atoms with van der Waals surface area (Å²) in [5.41, 5.74) is 3.21. The summed E-state index contributed by atoms with van der Waals surface area (Å²) in [4.78, 5) is 43.0. The lowest BCUT2D eigenvalue weighted by molar-refractivity contribution is -0.138. The number of amides is 2. The van der Waals surface area contributed by atoms with Crippen LogP contribution in [0.5, 0.6) is 0 Å². The summed E-state index contributed by atoms with van der Waals surface area (Å²) in [5.74, 6) is -1.78. The van der Waals surface area contributed by atoms with Crippen LogP contribution in [0.3, 0.4) is 0 Å². The Labute approximate surface area is 212 Å². The van der Waals surface area contributed by atoms with Gasteiger partial charge >= 0.3 is 12.1 Å². The molecule has 0 spiro atoms. The van der Waals surface area contributed by atoms with Crippen LogP contribution in [0.4, 0.5) is 18.9 Å². The Hall–Kier alpha value is -3.83. The van der Waals surface area contributed by atoms with Gasteiger partial charge in [-0.2, -0.15) is 13.2 Å². The average Bonchev–Trinajstić information content (AvgIpc) is 3.67. The van der Waals surface area contributed by atoms with Crippen molar-refractivity contribution >= 4 is 29.7 Å². The Morgan fingerprint density at radius 3 is 2.49 bits per heavy atom. The zero-order valence-electron chi connectivity index (χ0n) is 20.4. The van der Waals surface area contributed by atoms with Crippen molar-refractivity contribution in [3.63, 3.8) is 0 Å². The SMILES string of the molecule is C=C/N=C\C(=C/N)C(=O)NC1(C(=O)NCC2CCN(c3cccc(C(F)(F)F)c3C(=O)OC)CC2)CC1. The van der Waals surface area contributed by atoms with Gasteiger partial charge in [0.25, 0.3) is 5.91 Å². The lowest BCUT2D eigenvalue weighted by Gasteiger charge is -2.35. The number of nitrogens with two attached hydrogens (primary N) is 1. The minimum absolute atomic E-state index is 0.0818. The van der Waals surface area contributed by atoms with Crippen molar-refractivity contribution in [1.29, 1.82) is 0 Å². The minimum Gasteiger partial charge on any atom is -0.465 e. The molecule has 0 aromatic heterocycles. The molecule has 12 heteroatoms. The van der Waals surface area contributed by atoms with Gasteiger partial charge in [0.2, 0.25) is 5.91 Å². The molecule has 1 aromatic rings. The Morgan fingerprint density at radius 1 is 1.27 bits per heavy atom. The van der Waals surface area contributed by atoms with Crippen molar-refractivity contribution in [2.75, 3.05) is 31.6 Å². The molecule has 1 heterocycles. The first kappa shape index (κ1) is 27.8. The molecule has 1 aliphatic carbocycles. The second-order valence-electron chi connectivity index (χ2n) is 8.95. The van der Waals surface area contributed by atoms with Crippen molar-refractivity contribution in [1.82, 2.24) is 10.6 Å². The highest BCUT2D eigenvalue weighted by molar-refractivity contribution is 6.13. The molecule has 2 aliphatic rings.